The first-order valence-corrected chi connectivity index (χ1v) is 11.2. The van der Waals surface area contributed by atoms with E-state index in [9.17, 15) is 9.59 Å². The zero-order valence-electron chi connectivity index (χ0n) is 17.1. The zero-order chi connectivity index (χ0) is 20.1. The second kappa shape index (κ2) is 9.88. The number of rotatable bonds is 5. The third-order valence-electron chi connectivity index (χ3n) is 5.87. The lowest BCUT2D eigenvalue weighted by atomic mass is 9.92. The number of benzene rings is 1. The highest BCUT2D eigenvalue weighted by Crippen LogP contribution is 2.21. The van der Waals surface area contributed by atoms with Gasteiger partial charge in [0.15, 0.2) is 0 Å². The molecule has 0 aliphatic carbocycles. The average Bonchev–Trinajstić information content (AvgIpc) is 2.67. The Kier molecular flexibility index (Phi) is 7.52. The van der Waals surface area contributed by atoms with E-state index in [1.807, 2.05) is 28.0 Å². The van der Waals surface area contributed by atoms with Crippen molar-refractivity contribution in [2.75, 3.05) is 45.8 Å². The Morgan fingerprint density at radius 2 is 1.61 bits per heavy atom. The first kappa shape index (κ1) is 21.3. The number of likely N-dealkylation sites (tertiary alicyclic amines) is 1. The number of amides is 2. The lowest BCUT2D eigenvalue weighted by Crippen LogP contribution is -2.53. The molecule has 6 heteroatoms. The summed E-state index contributed by atoms with van der Waals surface area (Å²) in [5.74, 6) is 1.63. The van der Waals surface area contributed by atoms with Gasteiger partial charge in [-0.25, -0.2) is 0 Å². The van der Waals surface area contributed by atoms with Gasteiger partial charge in [-0.15, -0.1) is 0 Å². The van der Waals surface area contributed by atoms with Gasteiger partial charge in [-0.3, -0.25) is 14.5 Å². The summed E-state index contributed by atoms with van der Waals surface area (Å²) in [5, 5.41) is 0. The predicted molar refractivity (Wildman–Crippen MR) is 115 cm³/mol. The van der Waals surface area contributed by atoms with Gasteiger partial charge in [0.1, 0.15) is 0 Å². The molecule has 2 unspecified atom stereocenters. The highest BCUT2D eigenvalue weighted by molar-refractivity contribution is 9.10. The van der Waals surface area contributed by atoms with Crippen LogP contribution in [0.2, 0.25) is 0 Å². The van der Waals surface area contributed by atoms with Crippen molar-refractivity contribution < 1.29 is 9.59 Å². The molecule has 1 aromatic carbocycles. The first-order chi connectivity index (χ1) is 13.4. The largest absolute Gasteiger partial charge is 0.341 e. The van der Waals surface area contributed by atoms with Gasteiger partial charge in [-0.1, -0.05) is 48.0 Å². The van der Waals surface area contributed by atoms with Crippen molar-refractivity contribution in [2.45, 2.75) is 33.1 Å². The van der Waals surface area contributed by atoms with Crippen LogP contribution < -0.4 is 0 Å². The molecular formula is C22H32BrN3O2. The normalized spacial score (nSPS) is 23.7. The third kappa shape index (κ3) is 5.80. The molecule has 1 aromatic rings. The average molecular weight is 450 g/mol. The van der Waals surface area contributed by atoms with E-state index in [0.29, 0.717) is 24.8 Å². The topological polar surface area (TPSA) is 43.9 Å². The van der Waals surface area contributed by atoms with E-state index in [-0.39, 0.29) is 11.8 Å². The number of carbonyl (C=O) groups excluding carboxylic acids is 2. The Morgan fingerprint density at radius 1 is 0.964 bits per heavy atom. The van der Waals surface area contributed by atoms with Crippen molar-refractivity contribution in [1.29, 1.82) is 0 Å². The van der Waals surface area contributed by atoms with Crippen LogP contribution in [0.4, 0.5) is 0 Å². The van der Waals surface area contributed by atoms with Crippen LogP contribution in [-0.4, -0.2) is 72.3 Å². The van der Waals surface area contributed by atoms with Crippen LogP contribution in [0, 0.1) is 11.8 Å². The summed E-state index contributed by atoms with van der Waals surface area (Å²) in [6.45, 7) is 9.72. The van der Waals surface area contributed by atoms with E-state index in [4.69, 9.17) is 0 Å². The van der Waals surface area contributed by atoms with Crippen LogP contribution in [0.25, 0.3) is 0 Å². The number of aryl methyl sites for hydroxylation is 1. The van der Waals surface area contributed by atoms with E-state index in [1.165, 1.54) is 12.0 Å². The number of hydrogen-bond acceptors (Lipinski definition) is 3. The fourth-order valence-electron chi connectivity index (χ4n) is 4.41. The van der Waals surface area contributed by atoms with Crippen molar-refractivity contribution in [1.82, 2.24) is 14.7 Å². The number of carbonyl (C=O) groups is 2. The number of piperazine rings is 1. The van der Waals surface area contributed by atoms with Crippen LogP contribution in [0.5, 0.6) is 0 Å². The molecule has 3 rings (SSSR count). The van der Waals surface area contributed by atoms with Gasteiger partial charge in [0.2, 0.25) is 11.8 Å². The minimum Gasteiger partial charge on any atom is -0.341 e. The minimum absolute atomic E-state index is 0.209. The molecule has 0 N–H and O–H groups in total. The predicted octanol–water partition coefficient (Wildman–Crippen LogP) is 3.03. The standard InChI is InChI=1S/C22H32BrN3O2/c1-17-13-18(2)15-26(14-17)22(28)16-24-9-11-25(12-10-24)21(27)8-7-19-5-3-4-6-20(19)23/h3-6,17-18H,7-16H2,1-2H3. The van der Waals surface area contributed by atoms with Crippen molar-refractivity contribution in [3.63, 3.8) is 0 Å². The fraction of sp³-hybridized carbons (Fsp3) is 0.636. The summed E-state index contributed by atoms with van der Waals surface area (Å²) in [6.07, 6.45) is 2.50. The summed E-state index contributed by atoms with van der Waals surface area (Å²) in [6, 6.07) is 8.06. The quantitative estimate of drug-likeness (QED) is 0.693. The highest BCUT2D eigenvalue weighted by atomic mass is 79.9. The van der Waals surface area contributed by atoms with E-state index >= 15 is 0 Å². The molecule has 2 fully saturated rings. The molecule has 0 aromatic heterocycles. The van der Waals surface area contributed by atoms with Gasteiger partial charge < -0.3 is 9.80 Å². The summed E-state index contributed by atoms with van der Waals surface area (Å²) >= 11 is 3.55. The van der Waals surface area contributed by atoms with Gasteiger partial charge in [0.25, 0.3) is 0 Å². The molecule has 2 amide bonds. The van der Waals surface area contributed by atoms with E-state index in [1.54, 1.807) is 0 Å². The monoisotopic (exact) mass is 449 g/mol. The minimum atomic E-state index is 0.209. The maximum absolute atomic E-state index is 12.7. The highest BCUT2D eigenvalue weighted by Gasteiger charge is 2.28. The van der Waals surface area contributed by atoms with Gasteiger partial charge in [0.05, 0.1) is 6.54 Å². The second-order valence-electron chi connectivity index (χ2n) is 8.49. The van der Waals surface area contributed by atoms with E-state index < -0.39 is 0 Å². The number of piperidine rings is 1. The Labute approximate surface area is 177 Å². The molecule has 5 nitrogen and oxygen atoms in total. The molecule has 2 heterocycles. The molecular weight excluding hydrogens is 418 g/mol. The van der Waals surface area contributed by atoms with Gasteiger partial charge in [0, 0.05) is 50.2 Å². The molecule has 154 valence electrons. The molecule has 0 saturated carbocycles. The summed E-state index contributed by atoms with van der Waals surface area (Å²) < 4.78 is 1.06. The first-order valence-electron chi connectivity index (χ1n) is 10.4. The van der Waals surface area contributed by atoms with Gasteiger partial charge >= 0.3 is 0 Å². The Hall–Kier alpha value is -1.40. The molecule has 2 aliphatic rings. The molecule has 28 heavy (non-hydrogen) atoms. The number of hydrogen-bond donors (Lipinski definition) is 0. The van der Waals surface area contributed by atoms with Crippen molar-refractivity contribution >= 4 is 27.7 Å². The van der Waals surface area contributed by atoms with Crippen molar-refractivity contribution in [2.24, 2.45) is 11.8 Å². The van der Waals surface area contributed by atoms with Crippen LogP contribution in [0.3, 0.4) is 0 Å². The van der Waals surface area contributed by atoms with E-state index in [0.717, 1.165) is 50.2 Å². The maximum Gasteiger partial charge on any atom is 0.236 e. The fourth-order valence-corrected chi connectivity index (χ4v) is 4.90. The Balaban J connectivity index is 1.41. The molecule has 0 spiro atoms. The van der Waals surface area contributed by atoms with Gasteiger partial charge in [-0.2, -0.15) is 0 Å². The summed E-state index contributed by atoms with van der Waals surface area (Å²) in [5.41, 5.74) is 1.17. The van der Waals surface area contributed by atoms with Crippen LogP contribution >= 0.6 is 15.9 Å². The van der Waals surface area contributed by atoms with Gasteiger partial charge in [-0.05, 0) is 36.3 Å². The molecule has 0 radical (unpaired) electrons. The molecule has 0 bridgehead atoms. The van der Waals surface area contributed by atoms with Crippen LogP contribution in [0.15, 0.2) is 28.7 Å². The summed E-state index contributed by atoms with van der Waals surface area (Å²) in [4.78, 5) is 31.4. The SMILES string of the molecule is CC1CC(C)CN(C(=O)CN2CCN(C(=O)CCc3ccccc3Br)CC2)C1. The zero-order valence-corrected chi connectivity index (χ0v) is 18.7. The second-order valence-corrected chi connectivity index (χ2v) is 9.35. The lowest BCUT2D eigenvalue weighted by molar-refractivity contribution is -0.136. The third-order valence-corrected chi connectivity index (χ3v) is 6.65. The molecule has 2 aliphatic heterocycles. The lowest BCUT2D eigenvalue weighted by Gasteiger charge is -2.38. The molecule has 2 atom stereocenters. The van der Waals surface area contributed by atoms with Crippen LogP contribution in [-0.2, 0) is 16.0 Å². The Morgan fingerprint density at radius 3 is 2.25 bits per heavy atom. The Bertz CT molecular complexity index is 678. The smallest absolute Gasteiger partial charge is 0.236 e. The van der Waals surface area contributed by atoms with Crippen molar-refractivity contribution in [3.8, 4) is 0 Å². The summed E-state index contributed by atoms with van der Waals surface area (Å²) in [7, 11) is 0. The van der Waals surface area contributed by atoms with Crippen LogP contribution in [0.1, 0.15) is 32.3 Å². The van der Waals surface area contributed by atoms with Crippen molar-refractivity contribution in [3.05, 3.63) is 34.3 Å². The molecule has 2 saturated heterocycles. The van der Waals surface area contributed by atoms with E-state index in [2.05, 4.69) is 40.7 Å². The maximum atomic E-state index is 12.7. The number of halogens is 1. The number of nitrogens with zero attached hydrogens (tertiary/aromatic N) is 3.